The van der Waals surface area contributed by atoms with E-state index in [9.17, 15) is 9.59 Å². The highest BCUT2D eigenvalue weighted by atomic mass is 16.6. The lowest BCUT2D eigenvalue weighted by atomic mass is 10.1. The Morgan fingerprint density at radius 1 is 0.371 bits per heavy atom. The Morgan fingerprint density at radius 3 is 1.16 bits per heavy atom. The van der Waals surface area contributed by atoms with Gasteiger partial charge in [0, 0.05) is 19.4 Å². The number of allylic oxidation sites excluding steroid dienone is 16. The largest absolute Gasteiger partial charge is 0.462 e. The second-order valence-electron chi connectivity index (χ2n) is 16.7. The van der Waals surface area contributed by atoms with Crippen molar-refractivity contribution in [2.24, 2.45) is 0 Å². The third-order valence-electron chi connectivity index (χ3n) is 10.6. The first kappa shape index (κ1) is 58.8. The third kappa shape index (κ3) is 49.5. The average Bonchev–Trinajstić information content (AvgIpc) is 3.27. The minimum atomic E-state index is -0.562. The quantitative estimate of drug-likeness (QED) is 0.0347. The zero-order valence-corrected chi connectivity index (χ0v) is 40.6. The van der Waals surface area contributed by atoms with E-state index in [-0.39, 0.29) is 25.2 Å². The van der Waals surface area contributed by atoms with Crippen LogP contribution in [0, 0.1) is 0 Å². The summed E-state index contributed by atoms with van der Waals surface area (Å²) in [6, 6.07) is 0. The fourth-order valence-corrected chi connectivity index (χ4v) is 6.84. The Balaban J connectivity index is 4.36. The first-order valence-corrected chi connectivity index (χ1v) is 25.8. The number of hydrogen-bond acceptors (Lipinski definition) is 5. The maximum Gasteiger partial charge on any atom is 0.306 e. The van der Waals surface area contributed by atoms with E-state index in [4.69, 9.17) is 14.2 Å². The molecule has 0 fully saturated rings. The van der Waals surface area contributed by atoms with Gasteiger partial charge in [0.1, 0.15) is 6.61 Å². The number of carbonyl (C=O) groups excluding carboxylic acids is 2. The molecule has 0 bridgehead atoms. The van der Waals surface area contributed by atoms with Gasteiger partial charge in [0.05, 0.1) is 6.61 Å². The molecule has 0 heterocycles. The molecule has 5 nitrogen and oxygen atoms in total. The number of unbranched alkanes of at least 4 members (excludes halogenated alkanes) is 19. The smallest absolute Gasteiger partial charge is 0.306 e. The number of rotatable bonds is 46. The van der Waals surface area contributed by atoms with E-state index in [1.54, 1.807) is 0 Å². The average molecular weight is 861 g/mol. The Morgan fingerprint density at radius 2 is 0.726 bits per heavy atom. The predicted octanol–water partition coefficient (Wildman–Crippen LogP) is 17.5. The van der Waals surface area contributed by atoms with Crippen molar-refractivity contribution in [1.29, 1.82) is 0 Å². The molecule has 0 aliphatic rings. The highest BCUT2D eigenvalue weighted by Crippen LogP contribution is 2.13. The predicted molar refractivity (Wildman–Crippen MR) is 270 cm³/mol. The minimum Gasteiger partial charge on any atom is -0.462 e. The number of carbonyl (C=O) groups is 2. The zero-order chi connectivity index (χ0) is 44.9. The lowest BCUT2D eigenvalue weighted by molar-refractivity contribution is -0.163. The van der Waals surface area contributed by atoms with Gasteiger partial charge in [0.25, 0.3) is 0 Å². The van der Waals surface area contributed by atoms with Gasteiger partial charge in [-0.1, -0.05) is 214 Å². The monoisotopic (exact) mass is 861 g/mol. The van der Waals surface area contributed by atoms with Crippen molar-refractivity contribution in [1.82, 2.24) is 0 Å². The third-order valence-corrected chi connectivity index (χ3v) is 10.6. The lowest BCUT2D eigenvalue weighted by Gasteiger charge is -2.18. The first-order valence-electron chi connectivity index (χ1n) is 25.8. The van der Waals surface area contributed by atoms with E-state index in [1.807, 2.05) is 0 Å². The molecule has 0 aromatic heterocycles. The van der Waals surface area contributed by atoms with Gasteiger partial charge in [0.15, 0.2) is 6.10 Å². The van der Waals surface area contributed by atoms with Crippen LogP contribution in [-0.2, 0) is 23.8 Å². The van der Waals surface area contributed by atoms with Crippen LogP contribution in [0.5, 0.6) is 0 Å². The number of ether oxygens (including phenoxy) is 3. The highest BCUT2D eigenvalue weighted by Gasteiger charge is 2.17. The van der Waals surface area contributed by atoms with E-state index >= 15 is 0 Å². The summed E-state index contributed by atoms with van der Waals surface area (Å²) >= 11 is 0. The van der Waals surface area contributed by atoms with Gasteiger partial charge in [0.2, 0.25) is 0 Å². The van der Waals surface area contributed by atoms with Crippen molar-refractivity contribution in [2.75, 3.05) is 19.8 Å². The fraction of sp³-hybridized carbons (Fsp3) is 0.684. The lowest BCUT2D eigenvalue weighted by Crippen LogP contribution is -2.30. The van der Waals surface area contributed by atoms with Gasteiger partial charge in [-0.3, -0.25) is 9.59 Å². The SMILES string of the molecule is CC/C=C\C/C=C\C/C=C\C/C=C\CCCCCCC(=O)OCC(COCCCCCCCCCCCCCC)OC(=O)CCCCCC/C=C\C/C=C\C/C=C\C/C=C\CC. The summed E-state index contributed by atoms with van der Waals surface area (Å²) in [7, 11) is 0. The molecule has 0 spiro atoms. The van der Waals surface area contributed by atoms with Crippen molar-refractivity contribution in [3.8, 4) is 0 Å². The molecule has 0 radical (unpaired) electrons. The molecule has 1 atom stereocenters. The molecular weight excluding hydrogens is 765 g/mol. The number of hydrogen-bond donors (Lipinski definition) is 0. The molecule has 1 unspecified atom stereocenters. The molecule has 0 aliphatic heterocycles. The minimum absolute atomic E-state index is 0.0592. The van der Waals surface area contributed by atoms with Crippen LogP contribution in [-0.4, -0.2) is 37.9 Å². The summed E-state index contributed by atoms with van der Waals surface area (Å²) in [6.07, 6.45) is 69.8. The summed E-state index contributed by atoms with van der Waals surface area (Å²) in [5.41, 5.74) is 0. The Hall–Kier alpha value is -3.18. The standard InChI is InChI=1S/C57H96O5/c1-4-7-10-13-16-19-22-25-27-29-31-33-35-38-41-44-47-50-56(58)61-54-55(53-60-52-49-46-43-40-37-24-21-18-15-12-9-6-3)62-57(59)51-48-45-42-39-36-34-32-30-28-26-23-20-17-14-11-8-5-2/h7-8,10-11,16-17,19-20,25-28,31-34,55H,4-6,9,12-15,18,21-24,29-30,35-54H2,1-3H3/b10-7-,11-8-,19-16-,20-17-,27-25-,28-26-,33-31-,34-32-. The van der Waals surface area contributed by atoms with Gasteiger partial charge >= 0.3 is 11.9 Å². The molecule has 5 heteroatoms. The Kier molecular flexibility index (Phi) is 49.5. The topological polar surface area (TPSA) is 61.8 Å². The van der Waals surface area contributed by atoms with Crippen LogP contribution in [0.4, 0.5) is 0 Å². The van der Waals surface area contributed by atoms with E-state index in [0.29, 0.717) is 19.4 Å². The van der Waals surface area contributed by atoms with Crippen LogP contribution in [0.15, 0.2) is 97.2 Å². The van der Waals surface area contributed by atoms with E-state index in [2.05, 4.69) is 118 Å². The van der Waals surface area contributed by atoms with Crippen LogP contribution in [0.2, 0.25) is 0 Å². The van der Waals surface area contributed by atoms with Crippen molar-refractivity contribution < 1.29 is 23.8 Å². The van der Waals surface area contributed by atoms with E-state index in [1.165, 1.54) is 64.2 Å². The Labute approximate surface area is 383 Å². The number of esters is 2. The molecule has 0 rings (SSSR count). The van der Waals surface area contributed by atoms with E-state index in [0.717, 1.165) is 128 Å². The van der Waals surface area contributed by atoms with Crippen molar-refractivity contribution >= 4 is 11.9 Å². The summed E-state index contributed by atoms with van der Waals surface area (Å²) in [5, 5.41) is 0. The molecule has 0 aliphatic carbocycles. The highest BCUT2D eigenvalue weighted by molar-refractivity contribution is 5.70. The maximum atomic E-state index is 12.8. The summed E-state index contributed by atoms with van der Waals surface area (Å²) in [4.78, 5) is 25.4. The first-order chi connectivity index (χ1) is 30.6. The second kappa shape index (κ2) is 52.2. The molecule has 0 N–H and O–H groups in total. The van der Waals surface area contributed by atoms with Crippen LogP contribution < -0.4 is 0 Å². The second-order valence-corrected chi connectivity index (χ2v) is 16.7. The van der Waals surface area contributed by atoms with Crippen LogP contribution in [0.25, 0.3) is 0 Å². The normalized spacial score (nSPS) is 13.0. The van der Waals surface area contributed by atoms with Crippen molar-refractivity contribution in [3.05, 3.63) is 97.2 Å². The van der Waals surface area contributed by atoms with Crippen LogP contribution in [0.1, 0.15) is 226 Å². The Bertz CT molecular complexity index is 1200. The summed E-state index contributed by atoms with van der Waals surface area (Å²) in [5.74, 6) is -0.452. The van der Waals surface area contributed by atoms with Gasteiger partial charge in [-0.25, -0.2) is 0 Å². The fourth-order valence-electron chi connectivity index (χ4n) is 6.84. The molecule has 0 saturated carbocycles. The van der Waals surface area contributed by atoms with Gasteiger partial charge < -0.3 is 14.2 Å². The zero-order valence-electron chi connectivity index (χ0n) is 40.6. The summed E-state index contributed by atoms with van der Waals surface area (Å²) < 4.78 is 17.4. The molecule has 62 heavy (non-hydrogen) atoms. The van der Waals surface area contributed by atoms with Crippen molar-refractivity contribution in [3.63, 3.8) is 0 Å². The van der Waals surface area contributed by atoms with Crippen molar-refractivity contribution in [2.45, 2.75) is 232 Å². The molecular formula is C57H96O5. The van der Waals surface area contributed by atoms with Gasteiger partial charge in [-0.05, 0) is 96.3 Å². The maximum absolute atomic E-state index is 12.8. The van der Waals surface area contributed by atoms with E-state index < -0.39 is 6.10 Å². The van der Waals surface area contributed by atoms with Gasteiger partial charge in [-0.15, -0.1) is 0 Å². The van der Waals surface area contributed by atoms with Crippen LogP contribution >= 0.6 is 0 Å². The summed E-state index contributed by atoms with van der Waals surface area (Å²) in [6.45, 7) is 7.55. The molecule has 0 aromatic rings. The molecule has 0 saturated heterocycles. The molecule has 354 valence electrons. The van der Waals surface area contributed by atoms with Crippen LogP contribution in [0.3, 0.4) is 0 Å². The molecule has 0 aromatic carbocycles. The van der Waals surface area contributed by atoms with Gasteiger partial charge in [-0.2, -0.15) is 0 Å². The molecule has 0 amide bonds.